The van der Waals surface area contributed by atoms with Gasteiger partial charge in [0.05, 0.1) is 60.6 Å². The van der Waals surface area contributed by atoms with Gasteiger partial charge in [-0.05, 0) is 80.6 Å². The Morgan fingerprint density at radius 3 is 1.07 bits per heavy atom. The van der Waals surface area contributed by atoms with Gasteiger partial charge >= 0.3 is 0 Å². The van der Waals surface area contributed by atoms with Crippen molar-refractivity contribution in [3.05, 3.63) is 156 Å². The summed E-state index contributed by atoms with van der Waals surface area (Å²) in [5, 5.41) is 0.510. The third-order valence-electron chi connectivity index (χ3n) is 13.7. The highest BCUT2D eigenvalue weighted by molar-refractivity contribution is 6.42. The van der Waals surface area contributed by atoms with Crippen molar-refractivity contribution in [2.75, 3.05) is 7.11 Å². The zero-order valence-corrected chi connectivity index (χ0v) is 38.4. The molecule has 14 heteroatoms. The zero-order valence-electron chi connectivity index (χ0n) is 37.6. The van der Waals surface area contributed by atoms with Gasteiger partial charge in [-0.1, -0.05) is 89.5 Å². The molecule has 0 saturated carbocycles. The van der Waals surface area contributed by atoms with Gasteiger partial charge in [-0.3, -0.25) is 58.0 Å². The second kappa shape index (κ2) is 14.0. The number of rotatable bonds is 1. The molecule has 0 aliphatic carbocycles. The number of methoxy groups -OCH3 is 1. The largest absolute Gasteiger partial charge is 0.496 e. The molecule has 6 aromatic rings. The molecule has 20 bridgehead atoms. The van der Waals surface area contributed by atoms with Crippen LogP contribution in [0.3, 0.4) is 0 Å². The van der Waals surface area contributed by atoms with Crippen LogP contribution in [0, 0.1) is 0 Å². The Morgan fingerprint density at radius 2 is 0.716 bits per heavy atom. The molecule has 13 nitrogen and oxygen atoms in total. The van der Waals surface area contributed by atoms with Gasteiger partial charge in [0.25, 0.3) is 47.3 Å². The fourth-order valence-corrected chi connectivity index (χ4v) is 10.6. The molecule has 8 amide bonds. The molecule has 18 aliphatic rings. The van der Waals surface area contributed by atoms with E-state index < -0.39 is 58.1 Å². The number of carbonyl (C=O) groups is 8. The lowest BCUT2D eigenvalue weighted by Crippen LogP contribution is -2.43. The molecule has 0 fully saturated rings. The minimum Gasteiger partial charge on any atom is -0.496 e. The van der Waals surface area contributed by atoms with Gasteiger partial charge in [0.15, 0.2) is 0 Å². The second-order valence-corrected chi connectivity index (χ2v) is 20.4. The van der Waals surface area contributed by atoms with Crippen molar-refractivity contribution in [2.24, 2.45) is 0 Å². The summed E-state index contributed by atoms with van der Waals surface area (Å²) in [5.41, 5.74) is 3.34. The first kappa shape index (κ1) is 42.1. The van der Waals surface area contributed by atoms with E-state index in [0.29, 0.717) is 22.3 Å². The Labute approximate surface area is 388 Å². The van der Waals surface area contributed by atoms with Crippen molar-refractivity contribution in [1.82, 2.24) is 19.6 Å². The van der Waals surface area contributed by atoms with E-state index in [1.165, 1.54) is 43.5 Å². The minimum absolute atomic E-state index is 0.00228. The molecule has 0 atom stereocenters. The van der Waals surface area contributed by atoms with E-state index in [-0.39, 0.29) is 103 Å². The van der Waals surface area contributed by atoms with Crippen LogP contribution in [-0.2, 0) is 37.0 Å². The van der Waals surface area contributed by atoms with Crippen LogP contribution in [0.4, 0.5) is 0 Å². The number of nitrogens with zero attached hydrogens (tertiary/aromatic N) is 4. The molecule has 0 saturated heterocycles. The fraction of sp³-hybridized carbons (Fsp3) is 0.245. The molecule has 0 N–H and O–H groups in total. The van der Waals surface area contributed by atoms with Gasteiger partial charge < -0.3 is 4.74 Å². The summed E-state index contributed by atoms with van der Waals surface area (Å²) in [6.07, 6.45) is 0. The van der Waals surface area contributed by atoms with Crippen LogP contribution < -0.4 is 4.74 Å². The highest BCUT2D eigenvalue weighted by Gasteiger charge is 2.44. The van der Waals surface area contributed by atoms with Crippen molar-refractivity contribution in [1.29, 1.82) is 0 Å². The third-order valence-corrected chi connectivity index (χ3v) is 14.0. The molecular weight excluding hydrogens is 872 g/mol. The SMILES string of the molecule is COc1cc2c3c4c(Cl)cc5c3c1C(=O)N(Cc1cc(cc(C(C)(C)C)c1)CN1C(=O)c3ccc6c7c(ccc(c37)C1=O)C(=O)N(Cc1cc(cc(C(C)(C)C)c1)CN(C2=O)C4=O)C6=O)C5=O. The normalized spacial score (nSPS) is 16.8. The van der Waals surface area contributed by atoms with Crippen LogP contribution in [0.1, 0.15) is 158 Å². The summed E-state index contributed by atoms with van der Waals surface area (Å²) in [6, 6.07) is 19.7. The van der Waals surface area contributed by atoms with Crippen molar-refractivity contribution in [3.63, 3.8) is 0 Å². The first-order valence-corrected chi connectivity index (χ1v) is 22.2. The highest BCUT2D eigenvalue weighted by atomic mass is 35.5. The Hall–Kier alpha value is -7.51. The molecule has 0 spiro atoms. The Bertz CT molecular complexity index is 3400. The summed E-state index contributed by atoms with van der Waals surface area (Å²) < 4.78 is 5.80. The number of imide groups is 4. The maximum Gasteiger partial charge on any atom is 0.265 e. The summed E-state index contributed by atoms with van der Waals surface area (Å²) >= 11 is 6.98. The molecular formula is C53H41ClN4O9. The first-order chi connectivity index (χ1) is 31.7. The first-order valence-electron chi connectivity index (χ1n) is 21.8. The quantitative estimate of drug-likeness (QED) is 0.147. The highest BCUT2D eigenvalue weighted by Crippen LogP contribution is 2.46. The average Bonchev–Trinajstić information content (AvgIpc) is 3.27. The van der Waals surface area contributed by atoms with Crippen molar-refractivity contribution in [3.8, 4) is 5.75 Å². The number of hydrogen-bond donors (Lipinski definition) is 0. The zero-order chi connectivity index (χ0) is 47.5. The van der Waals surface area contributed by atoms with Gasteiger partial charge in [0.1, 0.15) is 5.75 Å². The van der Waals surface area contributed by atoms with E-state index in [9.17, 15) is 38.4 Å². The van der Waals surface area contributed by atoms with Crippen LogP contribution in [-0.4, -0.2) is 74.0 Å². The smallest absolute Gasteiger partial charge is 0.265 e. The summed E-state index contributed by atoms with van der Waals surface area (Å²) in [4.78, 5) is 121. The monoisotopic (exact) mass is 912 g/mol. The van der Waals surface area contributed by atoms with E-state index in [1.807, 2.05) is 65.8 Å². The van der Waals surface area contributed by atoms with Gasteiger partial charge in [-0.15, -0.1) is 0 Å². The maximum absolute atomic E-state index is 14.8. The standard InChI is InChI=1S/C53H41ClN4O9/c1-52(2,3)28-14-24-12-26(16-28)22-57-49(64)35-19-37(67-7)43-41-34(18-36(54)42(40(35)41)50(57)65)48(63)58(51(43)66)23-27-13-25(15-29(17-27)53(4,5)6)21-56-46(61)32-10-8-30-38-31(45(60)55(20-24)44(30)59)9-11-33(39(32)38)47(56)62/h8-19H,20-23H2,1-7H3. The number of hydrogen-bond acceptors (Lipinski definition) is 9. The molecule has 18 aliphatic heterocycles. The molecule has 24 rings (SSSR count). The lowest BCUT2D eigenvalue weighted by atomic mass is 9.83. The minimum atomic E-state index is -0.736. The van der Waals surface area contributed by atoms with Gasteiger partial charge in [0, 0.05) is 43.8 Å². The lowest BCUT2D eigenvalue weighted by molar-refractivity contribution is 0.0573. The Balaban J connectivity index is 1.14. The topological polar surface area (TPSA) is 159 Å². The van der Waals surface area contributed by atoms with E-state index in [0.717, 1.165) is 30.7 Å². The van der Waals surface area contributed by atoms with Crippen LogP contribution in [0.25, 0.3) is 21.5 Å². The Morgan fingerprint density at radius 1 is 0.403 bits per heavy atom. The second-order valence-electron chi connectivity index (χ2n) is 20.0. The summed E-state index contributed by atoms with van der Waals surface area (Å²) in [6.45, 7) is 11.1. The Kier molecular flexibility index (Phi) is 8.81. The van der Waals surface area contributed by atoms with Gasteiger partial charge in [0.2, 0.25) is 0 Å². The molecule has 0 unspecified atom stereocenters. The number of ether oxygens (including phenoxy) is 1. The van der Waals surface area contributed by atoms with E-state index in [1.54, 1.807) is 12.1 Å². The van der Waals surface area contributed by atoms with E-state index in [2.05, 4.69) is 0 Å². The molecule has 67 heavy (non-hydrogen) atoms. The molecule has 0 aromatic heterocycles. The number of halogens is 1. The number of benzene rings is 6. The number of carbonyl (C=O) groups excluding carboxylic acids is 8. The van der Waals surface area contributed by atoms with Crippen molar-refractivity contribution < 1.29 is 43.1 Å². The molecule has 334 valence electrons. The van der Waals surface area contributed by atoms with Crippen LogP contribution in [0.2, 0.25) is 5.02 Å². The van der Waals surface area contributed by atoms with Gasteiger partial charge in [-0.25, -0.2) is 0 Å². The predicted octanol–water partition coefficient (Wildman–Crippen LogP) is 8.75. The van der Waals surface area contributed by atoms with E-state index in [4.69, 9.17) is 16.3 Å². The van der Waals surface area contributed by atoms with Crippen LogP contribution in [0.5, 0.6) is 5.75 Å². The number of amides is 8. The summed E-state index contributed by atoms with van der Waals surface area (Å²) in [7, 11) is 1.35. The van der Waals surface area contributed by atoms with Crippen LogP contribution >= 0.6 is 11.6 Å². The van der Waals surface area contributed by atoms with Crippen LogP contribution in [0.15, 0.2) is 72.8 Å². The molecule has 0 radical (unpaired) electrons. The fourth-order valence-electron chi connectivity index (χ4n) is 10.3. The maximum atomic E-state index is 14.8. The predicted molar refractivity (Wildman–Crippen MR) is 247 cm³/mol. The van der Waals surface area contributed by atoms with Crippen molar-refractivity contribution >= 4 is 80.4 Å². The summed E-state index contributed by atoms with van der Waals surface area (Å²) in [5.74, 6) is -5.30. The average molecular weight is 913 g/mol. The molecule has 6 aromatic carbocycles. The molecule has 18 heterocycles. The third kappa shape index (κ3) is 5.99. The van der Waals surface area contributed by atoms with E-state index >= 15 is 0 Å². The lowest BCUT2D eigenvalue weighted by Gasteiger charge is -2.34. The van der Waals surface area contributed by atoms with Crippen molar-refractivity contribution in [2.45, 2.75) is 78.6 Å². The van der Waals surface area contributed by atoms with Gasteiger partial charge in [-0.2, -0.15) is 0 Å².